The van der Waals surface area contributed by atoms with E-state index in [2.05, 4.69) is 24.2 Å². The van der Waals surface area contributed by atoms with E-state index in [1.165, 1.54) is 12.8 Å². The third kappa shape index (κ3) is 3.74. The van der Waals surface area contributed by atoms with Gasteiger partial charge in [-0.25, -0.2) is 0 Å². The van der Waals surface area contributed by atoms with Gasteiger partial charge in [-0.05, 0) is 45.4 Å². The van der Waals surface area contributed by atoms with Gasteiger partial charge in [0.1, 0.15) is 19.1 Å². The highest BCUT2D eigenvalue weighted by Crippen LogP contribution is 2.36. The van der Waals surface area contributed by atoms with Gasteiger partial charge in [-0.1, -0.05) is 0 Å². The molecular formula is C20H27N3O4. The molecule has 27 heavy (non-hydrogen) atoms. The maximum Gasteiger partial charge on any atom is 0.239 e. The van der Waals surface area contributed by atoms with E-state index in [-0.39, 0.29) is 17.9 Å². The zero-order valence-electron chi connectivity index (χ0n) is 15.9. The second-order valence-electron chi connectivity index (χ2n) is 7.65. The largest absolute Gasteiger partial charge is 0.486 e. The lowest BCUT2D eigenvalue weighted by atomic mass is 10.1. The molecule has 0 spiro atoms. The van der Waals surface area contributed by atoms with Crippen molar-refractivity contribution in [3.8, 4) is 11.5 Å². The molecule has 2 unspecified atom stereocenters. The Morgan fingerprint density at radius 3 is 2.74 bits per heavy atom. The van der Waals surface area contributed by atoms with Crippen molar-refractivity contribution in [2.75, 3.05) is 38.3 Å². The van der Waals surface area contributed by atoms with Crippen LogP contribution in [0.3, 0.4) is 0 Å². The minimum absolute atomic E-state index is 0.146. The number of carbonyl (C=O) groups excluding carboxylic acids is 2. The molecule has 7 nitrogen and oxygen atoms in total. The molecule has 1 N–H and O–H groups in total. The Hall–Kier alpha value is -2.28. The highest BCUT2D eigenvalue weighted by molar-refractivity contribution is 6.09. The number of amides is 2. The minimum Gasteiger partial charge on any atom is -0.486 e. The quantitative estimate of drug-likeness (QED) is 0.764. The number of benzene rings is 1. The molecule has 2 amide bonds. The van der Waals surface area contributed by atoms with Crippen molar-refractivity contribution in [3.63, 3.8) is 0 Å². The first-order valence-corrected chi connectivity index (χ1v) is 9.75. The highest BCUT2D eigenvalue weighted by atomic mass is 16.6. The standard InChI is InChI=1S/C20H27N3O4/c1-13(22(2)14-3-4-14)12-21-19(24)16-7-8-23(20(16)25)15-5-6-17-18(11-15)27-10-9-26-17/h5-6,11,13-14,16H,3-4,7-10,12H2,1-2H3,(H,21,24). The van der Waals surface area contributed by atoms with Crippen molar-refractivity contribution in [1.82, 2.24) is 10.2 Å². The van der Waals surface area contributed by atoms with Crippen LogP contribution < -0.4 is 19.7 Å². The van der Waals surface area contributed by atoms with E-state index in [9.17, 15) is 9.59 Å². The first kappa shape index (κ1) is 18.1. The van der Waals surface area contributed by atoms with Gasteiger partial charge >= 0.3 is 0 Å². The van der Waals surface area contributed by atoms with Crippen molar-refractivity contribution in [2.45, 2.75) is 38.3 Å². The molecule has 0 bridgehead atoms. The lowest BCUT2D eigenvalue weighted by Crippen LogP contribution is -2.44. The Bertz CT molecular complexity index is 734. The summed E-state index contributed by atoms with van der Waals surface area (Å²) in [5.74, 6) is 0.413. The number of rotatable bonds is 6. The van der Waals surface area contributed by atoms with Crippen molar-refractivity contribution >= 4 is 17.5 Å². The summed E-state index contributed by atoms with van der Waals surface area (Å²) in [5, 5.41) is 2.97. The van der Waals surface area contributed by atoms with E-state index in [4.69, 9.17) is 9.47 Å². The molecule has 146 valence electrons. The van der Waals surface area contributed by atoms with Gasteiger partial charge in [-0.3, -0.25) is 14.5 Å². The number of hydrogen-bond acceptors (Lipinski definition) is 5. The molecule has 1 aromatic rings. The van der Waals surface area contributed by atoms with Crippen LogP contribution in [0.25, 0.3) is 0 Å². The van der Waals surface area contributed by atoms with Gasteiger partial charge in [0.05, 0.1) is 0 Å². The molecule has 0 radical (unpaired) electrons. The summed E-state index contributed by atoms with van der Waals surface area (Å²) in [6.07, 6.45) is 3.01. The number of fused-ring (bicyclic) bond motifs is 1. The van der Waals surface area contributed by atoms with Gasteiger partial charge in [-0.2, -0.15) is 0 Å². The van der Waals surface area contributed by atoms with Crippen LogP contribution in [0.4, 0.5) is 5.69 Å². The van der Waals surface area contributed by atoms with E-state index >= 15 is 0 Å². The van der Waals surface area contributed by atoms with Crippen molar-refractivity contribution in [2.24, 2.45) is 5.92 Å². The van der Waals surface area contributed by atoms with E-state index in [1.54, 1.807) is 4.90 Å². The number of hydrogen-bond donors (Lipinski definition) is 1. The average Bonchev–Trinajstić information content (AvgIpc) is 3.47. The fourth-order valence-electron chi connectivity index (χ4n) is 3.74. The summed E-state index contributed by atoms with van der Waals surface area (Å²) < 4.78 is 11.1. The third-order valence-electron chi connectivity index (χ3n) is 5.75. The molecule has 2 fully saturated rings. The molecule has 1 saturated heterocycles. The number of carbonyl (C=O) groups is 2. The predicted molar refractivity (Wildman–Crippen MR) is 101 cm³/mol. The Morgan fingerprint density at radius 2 is 2.00 bits per heavy atom. The molecular weight excluding hydrogens is 346 g/mol. The summed E-state index contributed by atoms with van der Waals surface area (Å²) in [7, 11) is 2.10. The summed E-state index contributed by atoms with van der Waals surface area (Å²) >= 11 is 0. The van der Waals surface area contributed by atoms with Crippen LogP contribution in [-0.2, 0) is 9.59 Å². The van der Waals surface area contributed by atoms with Crippen LogP contribution in [0.1, 0.15) is 26.2 Å². The van der Waals surface area contributed by atoms with Gasteiger partial charge in [0.2, 0.25) is 11.8 Å². The lowest BCUT2D eigenvalue weighted by Gasteiger charge is -2.25. The molecule has 1 aromatic carbocycles. The lowest BCUT2D eigenvalue weighted by molar-refractivity contribution is -0.132. The molecule has 7 heteroatoms. The number of nitrogens with zero attached hydrogens (tertiary/aromatic N) is 2. The van der Waals surface area contributed by atoms with Crippen LogP contribution in [0, 0.1) is 5.92 Å². The van der Waals surface area contributed by atoms with Crippen LogP contribution in [0.5, 0.6) is 11.5 Å². The van der Waals surface area contributed by atoms with Crippen LogP contribution >= 0.6 is 0 Å². The second-order valence-corrected chi connectivity index (χ2v) is 7.65. The monoisotopic (exact) mass is 373 g/mol. The van der Waals surface area contributed by atoms with E-state index in [1.807, 2.05) is 18.2 Å². The second kappa shape index (κ2) is 7.38. The van der Waals surface area contributed by atoms with Crippen LogP contribution in [-0.4, -0.2) is 62.1 Å². The topological polar surface area (TPSA) is 71.1 Å². The molecule has 2 heterocycles. The molecule has 2 aliphatic heterocycles. The van der Waals surface area contributed by atoms with Gasteiger partial charge in [0, 0.05) is 36.9 Å². The Kier molecular flexibility index (Phi) is 4.95. The maximum absolute atomic E-state index is 12.8. The summed E-state index contributed by atoms with van der Waals surface area (Å²) in [5.41, 5.74) is 0.751. The van der Waals surface area contributed by atoms with Crippen LogP contribution in [0.2, 0.25) is 0 Å². The molecule has 3 aliphatic rings. The molecule has 2 atom stereocenters. The number of anilines is 1. The van der Waals surface area contributed by atoms with Gasteiger partial charge in [-0.15, -0.1) is 0 Å². The molecule has 1 aliphatic carbocycles. The van der Waals surface area contributed by atoms with Gasteiger partial charge in [0.15, 0.2) is 11.5 Å². The molecule has 0 aromatic heterocycles. The third-order valence-corrected chi connectivity index (χ3v) is 5.75. The van der Waals surface area contributed by atoms with E-state index in [0.717, 1.165) is 5.69 Å². The van der Waals surface area contributed by atoms with Gasteiger partial charge < -0.3 is 19.7 Å². The number of nitrogens with one attached hydrogen (secondary N) is 1. The van der Waals surface area contributed by atoms with Crippen molar-refractivity contribution < 1.29 is 19.1 Å². The average molecular weight is 373 g/mol. The van der Waals surface area contributed by atoms with Crippen LogP contribution in [0.15, 0.2) is 18.2 Å². The molecule has 4 rings (SSSR count). The maximum atomic E-state index is 12.8. The highest BCUT2D eigenvalue weighted by Gasteiger charge is 2.38. The first-order valence-electron chi connectivity index (χ1n) is 9.75. The summed E-state index contributed by atoms with van der Waals surface area (Å²) in [6.45, 7) is 4.25. The SMILES string of the molecule is CC(CNC(=O)C1CCN(c2ccc3c(c2)OCCO3)C1=O)N(C)C1CC1. The fourth-order valence-corrected chi connectivity index (χ4v) is 3.74. The van der Waals surface area contributed by atoms with Gasteiger partial charge in [0.25, 0.3) is 0 Å². The number of likely N-dealkylation sites (N-methyl/N-ethyl adjacent to an activating group) is 1. The number of ether oxygens (including phenoxy) is 2. The Morgan fingerprint density at radius 1 is 1.26 bits per heavy atom. The normalized spacial score (nSPS) is 22.9. The smallest absolute Gasteiger partial charge is 0.239 e. The Balaban J connectivity index is 1.35. The summed E-state index contributed by atoms with van der Waals surface area (Å²) in [6, 6.07) is 6.40. The zero-order valence-corrected chi connectivity index (χ0v) is 15.9. The van der Waals surface area contributed by atoms with Crippen molar-refractivity contribution in [1.29, 1.82) is 0 Å². The Labute approximate surface area is 159 Å². The molecule has 1 saturated carbocycles. The minimum atomic E-state index is -0.614. The first-order chi connectivity index (χ1) is 13.0. The zero-order chi connectivity index (χ0) is 19.0. The summed E-state index contributed by atoms with van der Waals surface area (Å²) in [4.78, 5) is 29.3. The fraction of sp³-hybridized carbons (Fsp3) is 0.600. The van der Waals surface area contributed by atoms with Crippen molar-refractivity contribution in [3.05, 3.63) is 18.2 Å². The van der Waals surface area contributed by atoms with E-state index in [0.29, 0.717) is 50.3 Å². The predicted octanol–water partition coefficient (Wildman–Crippen LogP) is 1.41. The van der Waals surface area contributed by atoms with E-state index < -0.39 is 5.92 Å².